The van der Waals surface area contributed by atoms with Gasteiger partial charge in [-0.25, -0.2) is 9.37 Å². The summed E-state index contributed by atoms with van der Waals surface area (Å²) < 4.78 is 15.2. The molecule has 1 heterocycles. The number of imidazole rings is 1. The first-order chi connectivity index (χ1) is 12.6. The lowest BCUT2D eigenvalue weighted by Gasteiger charge is -2.22. The number of fused-ring (bicyclic) bond motifs is 1. The van der Waals surface area contributed by atoms with Crippen molar-refractivity contribution in [3.63, 3.8) is 0 Å². The number of hydrogen-bond acceptors (Lipinski definition) is 2. The minimum atomic E-state index is -0.287. The predicted molar refractivity (Wildman–Crippen MR) is 102 cm³/mol. The van der Waals surface area contributed by atoms with Crippen LogP contribution in [0.4, 0.5) is 4.39 Å². The van der Waals surface area contributed by atoms with Gasteiger partial charge in [0.1, 0.15) is 18.2 Å². The third-order valence-corrected chi connectivity index (χ3v) is 4.39. The van der Waals surface area contributed by atoms with E-state index in [0.29, 0.717) is 5.82 Å². The second-order valence-electron chi connectivity index (χ2n) is 6.40. The van der Waals surface area contributed by atoms with Crippen LogP contribution in [0.3, 0.4) is 0 Å². The van der Waals surface area contributed by atoms with Crippen LogP contribution in [0.25, 0.3) is 22.4 Å². The van der Waals surface area contributed by atoms with Crippen molar-refractivity contribution in [3.05, 3.63) is 54.3 Å². The molecular weight excluding hydrogens is 329 g/mol. The molecule has 0 aliphatic rings. The second kappa shape index (κ2) is 8.13. The number of nitrogens with zero attached hydrogens (tertiary/aromatic N) is 3. The summed E-state index contributed by atoms with van der Waals surface area (Å²) in [4.78, 5) is 19.5. The fourth-order valence-electron chi connectivity index (χ4n) is 3.19. The highest BCUT2D eigenvalue weighted by molar-refractivity contribution is 5.84. The number of hydrogen-bond donors (Lipinski definition) is 0. The van der Waals surface area contributed by atoms with Gasteiger partial charge in [-0.2, -0.15) is 0 Å². The Morgan fingerprint density at radius 1 is 1.04 bits per heavy atom. The van der Waals surface area contributed by atoms with Crippen molar-refractivity contribution in [3.8, 4) is 11.4 Å². The number of para-hydroxylation sites is 2. The van der Waals surface area contributed by atoms with Crippen molar-refractivity contribution in [1.29, 1.82) is 0 Å². The summed E-state index contributed by atoms with van der Waals surface area (Å²) in [5.41, 5.74) is 2.54. The minimum Gasteiger partial charge on any atom is -0.341 e. The summed E-state index contributed by atoms with van der Waals surface area (Å²) in [5, 5.41) is 0. The molecule has 1 aromatic heterocycles. The number of halogens is 1. The molecule has 0 radical (unpaired) electrons. The van der Waals surface area contributed by atoms with Crippen molar-refractivity contribution >= 4 is 16.9 Å². The Labute approximate surface area is 153 Å². The van der Waals surface area contributed by atoms with E-state index in [2.05, 4.69) is 18.8 Å². The maximum Gasteiger partial charge on any atom is 0.242 e. The zero-order valence-corrected chi connectivity index (χ0v) is 15.3. The molecule has 5 heteroatoms. The van der Waals surface area contributed by atoms with Crippen molar-refractivity contribution in [1.82, 2.24) is 14.5 Å². The first kappa shape index (κ1) is 18.1. The van der Waals surface area contributed by atoms with Gasteiger partial charge in [-0.15, -0.1) is 0 Å². The molecule has 0 atom stereocenters. The van der Waals surface area contributed by atoms with Gasteiger partial charge in [0, 0.05) is 18.7 Å². The van der Waals surface area contributed by atoms with Crippen molar-refractivity contribution < 1.29 is 9.18 Å². The Kier molecular flexibility index (Phi) is 5.66. The van der Waals surface area contributed by atoms with E-state index in [1.807, 2.05) is 33.7 Å². The molecule has 0 spiro atoms. The molecule has 0 aliphatic heterocycles. The van der Waals surface area contributed by atoms with E-state index in [-0.39, 0.29) is 18.3 Å². The fraction of sp³-hybridized carbons (Fsp3) is 0.333. The summed E-state index contributed by atoms with van der Waals surface area (Å²) in [6.45, 7) is 5.89. The molecule has 0 unspecified atom stereocenters. The highest BCUT2D eigenvalue weighted by Crippen LogP contribution is 2.25. The van der Waals surface area contributed by atoms with Crippen LogP contribution >= 0.6 is 0 Å². The molecule has 3 aromatic rings. The first-order valence-corrected chi connectivity index (χ1v) is 9.13. The molecule has 136 valence electrons. The Morgan fingerprint density at radius 3 is 2.35 bits per heavy atom. The molecule has 26 heavy (non-hydrogen) atoms. The van der Waals surface area contributed by atoms with E-state index in [4.69, 9.17) is 0 Å². The van der Waals surface area contributed by atoms with E-state index in [0.717, 1.165) is 42.5 Å². The van der Waals surface area contributed by atoms with Crippen LogP contribution in [0.1, 0.15) is 26.7 Å². The van der Waals surface area contributed by atoms with E-state index < -0.39 is 0 Å². The number of amides is 1. The average molecular weight is 353 g/mol. The van der Waals surface area contributed by atoms with Gasteiger partial charge in [0.05, 0.1) is 11.0 Å². The predicted octanol–water partition coefficient (Wildman–Crippen LogP) is 4.49. The first-order valence-electron chi connectivity index (χ1n) is 9.13. The summed E-state index contributed by atoms with van der Waals surface area (Å²) in [7, 11) is 0. The topological polar surface area (TPSA) is 38.1 Å². The maximum absolute atomic E-state index is 13.3. The number of rotatable bonds is 7. The molecular formula is C21H24FN3O. The monoisotopic (exact) mass is 353 g/mol. The van der Waals surface area contributed by atoms with Crippen molar-refractivity contribution in [2.24, 2.45) is 0 Å². The standard InChI is InChI=1S/C21H24FN3O/c1-3-13-24(14-4-2)20(26)15-25-19-8-6-5-7-18(19)23-21(25)16-9-11-17(22)12-10-16/h5-12H,3-4,13-15H2,1-2H3. The summed E-state index contributed by atoms with van der Waals surface area (Å²) >= 11 is 0. The summed E-state index contributed by atoms with van der Waals surface area (Å²) in [6.07, 6.45) is 1.86. The smallest absolute Gasteiger partial charge is 0.242 e. The van der Waals surface area contributed by atoms with Gasteiger partial charge in [-0.3, -0.25) is 4.79 Å². The minimum absolute atomic E-state index is 0.0835. The van der Waals surface area contributed by atoms with Crippen molar-refractivity contribution in [2.45, 2.75) is 33.2 Å². The van der Waals surface area contributed by atoms with Crippen LogP contribution in [0.15, 0.2) is 48.5 Å². The maximum atomic E-state index is 13.3. The molecule has 2 aromatic carbocycles. The van der Waals surface area contributed by atoms with E-state index in [9.17, 15) is 9.18 Å². The number of carbonyl (C=O) groups is 1. The number of aromatic nitrogens is 2. The van der Waals surface area contributed by atoms with Crippen LogP contribution in [0.5, 0.6) is 0 Å². The third-order valence-electron chi connectivity index (χ3n) is 4.39. The van der Waals surface area contributed by atoms with Gasteiger partial charge in [0.25, 0.3) is 0 Å². The largest absolute Gasteiger partial charge is 0.341 e. The van der Waals surface area contributed by atoms with E-state index >= 15 is 0 Å². The average Bonchev–Trinajstić information content (AvgIpc) is 3.01. The van der Waals surface area contributed by atoms with Gasteiger partial charge in [-0.1, -0.05) is 26.0 Å². The Hall–Kier alpha value is -2.69. The van der Waals surface area contributed by atoms with Crippen LogP contribution < -0.4 is 0 Å². The lowest BCUT2D eigenvalue weighted by atomic mass is 10.2. The Balaban J connectivity index is 2.01. The van der Waals surface area contributed by atoms with Gasteiger partial charge in [0.2, 0.25) is 5.91 Å². The molecule has 4 nitrogen and oxygen atoms in total. The summed E-state index contributed by atoms with van der Waals surface area (Å²) in [6, 6.07) is 14.0. The fourth-order valence-corrected chi connectivity index (χ4v) is 3.19. The number of carbonyl (C=O) groups excluding carboxylic acids is 1. The highest BCUT2D eigenvalue weighted by atomic mass is 19.1. The van der Waals surface area contributed by atoms with E-state index in [1.165, 1.54) is 12.1 Å². The SMILES string of the molecule is CCCN(CCC)C(=O)Cn1c(-c2ccc(F)cc2)nc2ccccc21. The molecule has 0 N–H and O–H groups in total. The Morgan fingerprint density at radius 2 is 1.69 bits per heavy atom. The zero-order valence-electron chi connectivity index (χ0n) is 15.3. The lowest BCUT2D eigenvalue weighted by Crippen LogP contribution is -2.35. The summed E-state index contributed by atoms with van der Waals surface area (Å²) in [5.74, 6) is 0.484. The zero-order chi connectivity index (χ0) is 18.5. The molecule has 1 amide bonds. The molecule has 0 fully saturated rings. The second-order valence-corrected chi connectivity index (χ2v) is 6.40. The number of benzene rings is 2. The molecule has 0 saturated heterocycles. The lowest BCUT2D eigenvalue weighted by molar-refractivity contribution is -0.131. The van der Waals surface area contributed by atoms with Crippen LogP contribution in [0.2, 0.25) is 0 Å². The molecule has 0 aliphatic carbocycles. The Bertz CT molecular complexity index is 880. The van der Waals surface area contributed by atoms with Crippen LogP contribution in [-0.2, 0) is 11.3 Å². The highest BCUT2D eigenvalue weighted by Gasteiger charge is 2.18. The quantitative estimate of drug-likeness (QED) is 0.628. The molecule has 0 bridgehead atoms. The van der Waals surface area contributed by atoms with E-state index in [1.54, 1.807) is 12.1 Å². The van der Waals surface area contributed by atoms with Crippen LogP contribution in [0, 0.1) is 5.82 Å². The van der Waals surface area contributed by atoms with Gasteiger partial charge < -0.3 is 9.47 Å². The van der Waals surface area contributed by atoms with Gasteiger partial charge >= 0.3 is 0 Å². The van der Waals surface area contributed by atoms with Gasteiger partial charge in [0.15, 0.2) is 0 Å². The van der Waals surface area contributed by atoms with Crippen molar-refractivity contribution in [2.75, 3.05) is 13.1 Å². The molecule has 0 saturated carbocycles. The van der Waals surface area contributed by atoms with Gasteiger partial charge in [-0.05, 0) is 49.2 Å². The van der Waals surface area contributed by atoms with Crippen LogP contribution in [-0.4, -0.2) is 33.4 Å². The molecule has 3 rings (SSSR count). The normalized spacial score (nSPS) is 11.0. The third kappa shape index (κ3) is 3.77.